The van der Waals surface area contributed by atoms with Gasteiger partial charge in [0.2, 0.25) is 44.2 Å². The molecule has 28 heteroatoms. The molecule has 0 aliphatic rings. The standard InChI is InChI=1S/C54H58N12O10S6/c1-71-37-10-6-8-32(22-37)26-43(67)55-51-65-61-49(81-51)18-21-78-31-36(50-62-66-54(82-50)58-44(68)27-33-9-7-11-38(23-33)72-2)30-76-40-15-13-35(25-42(40)75-5)29-46(70)57-53-64-60-48(80-53)17-20-77-19-16-47-59-63-52(79-47)56-45(69)28-34-12-14-39(73-3)41(24-34)74-4/h6-15,22-25,36H,16-21,26-31H2,1-5H3,(H,55,65,67)(H,56,63,69)(H,57,64,70)(H,58,66,68). The summed E-state index contributed by atoms with van der Waals surface area (Å²) in [6, 6.07) is 25.4. The van der Waals surface area contributed by atoms with Gasteiger partial charge in [-0.2, -0.15) is 23.5 Å². The van der Waals surface area contributed by atoms with Crippen molar-refractivity contribution in [2.45, 2.75) is 50.9 Å². The van der Waals surface area contributed by atoms with Gasteiger partial charge in [0.15, 0.2) is 23.0 Å². The number of anilines is 4. The van der Waals surface area contributed by atoms with Crippen molar-refractivity contribution in [3.63, 3.8) is 0 Å². The third-order valence-electron chi connectivity index (χ3n) is 11.7. The second-order valence-corrected chi connectivity index (χ2v) is 24.2. The molecule has 4 N–H and O–H groups in total. The largest absolute Gasteiger partial charge is 0.497 e. The quantitative estimate of drug-likeness (QED) is 0.0288. The molecule has 430 valence electrons. The van der Waals surface area contributed by atoms with Crippen molar-refractivity contribution < 1.29 is 47.6 Å². The number of hydrogen-bond donors (Lipinski definition) is 4. The molecule has 8 rings (SSSR count). The van der Waals surface area contributed by atoms with Gasteiger partial charge in [0, 0.05) is 25.0 Å². The predicted molar refractivity (Wildman–Crippen MR) is 321 cm³/mol. The van der Waals surface area contributed by atoms with E-state index in [4.69, 9.17) is 28.4 Å². The van der Waals surface area contributed by atoms with Crippen molar-refractivity contribution in [3.05, 3.63) is 127 Å². The lowest BCUT2D eigenvalue weighted by Crippen LogP contribution is -2.15. The molecule has 0 radical (unpaired) electrons. The number of methoxy groups -OCH3 is 5. The van der Waals surface area contributed by atoms with E-state index in [1.165, 1.54) is 52.5 Å². The van der Waals surface area contributed by atoms with Crippen LogP contribution in [0.25, 0.3) is 0 Å². The van der Waals surface area contributed by atoms with E-state index in [-0.39, 0.29) is 61.8 Å². The first-order chi connectivity index (χ1) is 39.9. The molecule has 0 spiro atoms. The van der Waals surface area contributed by atoms with Gasteiger partial charge in [-0.25, -0.2) is 0 Å². The first-order valence-corrected chi connectivity index (χ1v) is 30.9. The average Bonchev–Trinajstić information content (AvgIpc) is 4.35. The number of nitrogens with zero attached hydrogens (tertiary/aromatic N) is 8. The Bertz CT molecular complexity index is 3410. The Balaban J connectivity index is 0.789. The zero-order chi connectivity index (χ0) is 57.6. The topological polar surface area (TPSA) is 275 Å². The van der Waals surface area contributed by atoms with Crippen LogP contribution in [0, 0.1) is 0 Å². The maximum absolute atomic E-state index is 13.2. The summed E-state index contributed by atoms with van der Waals surface area (Å²) in [4.78, 5) is 51.7. The average molecular weight is 1230 g/mol. The third kappa shape index (κ3) is 18.8. The van der Waals surface area contributed by atoms with Gasteiger partial charge < -0.3 is 49.7 Å². The number of aromatic nitrogens is 8. The Morgan fingerprint density at radius 1 is 0.439 bits per heavy atom. The van der Waals surface area contributed by atoms with Crippen LogP contribution in [0.3, 0.4) is 0 Å². The van der Waals surface area contributed by atoms with Gasteiger partial charge >= 0.3 is 0 Å². The molecule has 0 saturated heterocycles. The summed E-state index contributed by atoms with van der Waals surface area (Å²) >= 11 is 8.68. The molecule has 82 heavy (non-hydrogen) atoms. The van der Waals surface area contributed by atoms with Gasteiger partial charge in [-0.15, -0.1) is 40.8 Å². The Kier molecular flexibility index (Phi) is 23.0. The fraction of sp³-hybridized carbons (Fsp3) is 0.333. The van der Waals surface area contributed by atoms with E-state index in [1.54, 1.807) is 76.2 Å². The molecular formula is C54H58N12O10S6. The van der Waals surface area contributed by atoms with Crippen molar-refractivity contribution >= 4 is 113 Å². The number of ether oxygens (including phenoxy) is 6. The monoisotopic (exact) mass is 1230 g/mol. The lowest BCUT2D eigenvalue weighted by atomic mass is 10.1. The summed E-state index contributed by atoms with van der Waals surface area (Å²) in [6.07, 6.45) is 2.48. The van der Waals surface area contributed by atoms with Gasteiger partial charge in [-0.1, -0.05) is 81.7 Å². The minimum absolute atomic E-state index is 0.0541. The highest BCUT2D eigenvalue weighted by Crippen LogP contribution is 2.34. The van der Waals surface area contributed by atoms with Crippen LogP contribution in [0.4, 0.5) is 20.5 Å². The maximum atomic E-state index is 13.2. The highest BCUT2D eigenvalue weighted by Gasteiger charge is 2.22. The van der Waals surface area contributed by atoms with Gasteiger partial charge in [-0.05, 0) is 88.0 Å². The molecule has 0 bridgehead atoms. The number of amides is 4. The van der Waals surface area contributed by atoms with Crippen LogP contribution in [0.1, 0.15) is 48.2 Å². The Morgan fingerprint density at radius 3 is 1.29 bits per heavy atom. The Hall–Kier alpha value is -7.50. The van der Waals surface area contributed by atoms with E-state index >= 15 is 0 Å². The molecule has 22 nitrogen and oxygen atoms in total. The van der Waals surface area contributed by atoms with Crippen LogP contribution in [-0.2, 0) is 64.1 Å². The van der Waals surface area contributed by atoms with Gasteiger partial charge in [0.05, 0.1) is 73.8 Å². The van der Waals surface area contributed by atoms with E-state index in [0.29, 0.717) is 96.4 Å². The molecule has 4 amide bonds. The number of thioether (sulfide) groups is 2. The minimum atomic E-state index is -0.264. The molecule has 4 heterocycles. The summed E-state index contributed by atoms with van der Waals surface area (Å²) in [6.45, 7) is 0.199. The lowest BCUT2D eigenvalue weighted by Gasteiger charge is -2.17. The van der Waals surface area contributed by atoms with Gasteiger partial charge in [-0.3, -0.25) is 19.2 Å². The molecule has 0 saturated carbocycles. The fourth-order valence-electron chi connectivity index (χ4n) is 7.74. The second-order valence-electron chi connectivity index (χ2n) is 17.7. The first kappa shape index (κ1) is 60.6. The number of rotatable bonds is 32. The van der Waals surface area contributed by atoms with Crippen molar-refractivity contribution in [2.75, 3.05) is 86.4 Å². The number of carbonyl (C=O) groups excluding carboxylic acids is 4. The number of hydrogen-bond acceptors (Lipinski definition) is 24. The smallest absolute Gasteiger partial charge is 0.230 e. The maximum Gasteiger partial charge on any atom is 0.230 e. The van der Waals surface area contributed by atoms with Gasteiger partial charge in [0.25, 0.3) is 0 Å². The molecule has 8 aromatic rings. The first-order valence-electron chi connectivity index (χ1n) is 25.4. The van der Waals surface area contributed by atoms with Crippen LogP contribution in [0.15, 0.2) is 84.9 Å². The van der Waals surface area contributed by atoms with Crippen molar-refractivity contribution in [3.8, 4) is 34.5 Å². The van der Waals surface area contributed by atoms with E-state index in [1.807, 2.05) is 60.7 Å². The molecule has 0 aliphatic carbocycles. The zero-order valence-corrected chi connectivity index (χ0v) is 50.2. The van der Waals surface area contributed by atoms with Crippen LogP contribution >= 0.6 is 68.9 Å². The number of carbonyl (C=O) groups is 4. The molecule has 4 aromatic carbocycles. The highest BCUT2D eigenvalue weighted by molar-refractivity contribution is 7.99. The van der Waals surface area contributed by atoms with Crippen molar-refractivity contribution in [1.82, 2.24) is 40.8 Å². The van der Waals surface area contributed by atoms with Gasteiger partial charge in [0.1, 0.15) is 31.5 Å². The highest BCUT2D eigenvalue weighted by atomic mass is 32.2. The third-order valence-corrected chi connectivity index (χ3v) is 17.5. The van der Waals surface area contributed by atoms with Crippen LogP contribution in [0.2, 0.25) is 0 Å². The van der Waals surface area contributed by atoms with Crippen LogP contribution in [-0.4, -0.2) is 130 Å². The summed E-state index contributed by atoms with van der Waals surface area (Å²) in [5.41, 5.74) is 3.09. The molecule has 1 unspecified atom stereocenters. The SMILES string of the molecule is COc1cccc(CC(=O)Nc2nnc(CCSCC(COc3ccc(CC(=O)Nc4nnc(CCSCCc5nnc(NC(=O)Cc6ccc(OC)c(OC)c6)s5)s4)cc3OC)c3nnc(NC(=O)Cc4cccc(OC)c4)s3)s2)c1. The molecule has 1 atom stereocenters. The number of nitrogens with one attached hydrogen (secondary N) is 4. The summed E-state index contributed by atoms with van der Waals surface area (Å²) in [5, 5.41) is 50.2. The molecule has 4 aromatic heterocycles. The minimum Gasteiger partial charge on any atom is -0.497 e. The summed E-state index contributed by atoms with van der Waals surface area (Å²) < 4.78 is 33.3. The number of aryl methyl sites for hydroxylation is 3. The van der Waals surface area contributed by atoms with Crippen LogP contribution in [0.5, 0.6) is 34.5 Å². The van der Waals surface area contributed by atoms with E-state index in [9.17, 15) is 19.2 Å². The second kappa shape index (κ2) is 31.1. The summed E-state index contributed by atoms with van der Waals surface area (Å²) in [5.74, 6) is 5.09. The summed E-state index contributed by atoms with van der Waals surface area (Å²) in [7, 11) is 7.81. The van der Waals surface area contributed by atoms with Crippen LogP contribution < -0.4 is 49.7 Å². The van der Waals surface area contributed by atoms with Crippen molar-refractivity contribution in [1.29, 1.82) is 0 Å². The predicted octanol–water partition coefficient (Wildman–Crippen LogP) is 8.52. The zero-order valence-electron chi connectivity index (χ0n) is 45.3. The molecular weight excluding hydrogens is 1170 g/mol. The van der Waals surface area contributed by atoms with E-state index in [0.717, 1.165) is 43.2 Å². The molecule has 0 fully saturated rings. The normalized spacial score (nSPS) is 11.3. The molecule has 0 aliphatic heterocycles. The van der Waals surface area contributed by atoms with E-state index < -0.39 is 0 Å². The Morgan fingerprint density at radius 2 is 0.841 bits per heavy atom. The lowest BCUT2D eigenvalue weighted by molar-refractivity contribution is -0.116. The van der Waals surface area contributed by atoms with Crippen molar-refractivity contribution in [2.24, 2.45) is 0 Å². The van der Waals surface area contributed by atoms with E-state index in [2.05, 4.69) is 62.1 Å². The fourth-order valence-corrected chi connectivity index (χ4v) is 13.3. The Labute approximate surface area is 497 Å². The number of benzene rings is 4.